The fourth-order valence-electron chi connectivity index (χ4n) is 2.34. The van der Waals surface area contributed by atoms with E-state index in [1.807, 2.05) is 6.07 Å². The molecule has 0 amide bonds. The number of nitrogens with zero attached hydrogens (tertiary/aromatic N) is 2. The van der Waals surface area contributed by atoms with E-state index < -0.39 is 0 Å². The first kappa shape index (κ1) is 11.0. The molecule has 2 aromatic heterocycles. The summed E-state index contributed by atoms with van der Waals surface area (Å²) in [5, 5.41) is 0. The van der Waals surface area contributed by atoms with Gasteiger partial charge in [-0.05, 0) is 31.0 Å². The Morgan fingerprint density at radius 3 is 2.61 bits per heavy atom. The minimum Gasteiger partial charge on any atom is -0.299 e. The van der Waals surface area contributed by atoms with Gasteiger partial charge in [0.1, 0.15) is 5.65 Å². The molecule has 3 aromatic rings. The maximum atomic E-state index is 4.73. The second-order valence-corrected chi connectivity index (χ2v) is 4.56. The van der Waals surface area contributed by atoms with Crippen LogP contribution in [-0.2, 0) is 6.42 Å². The Hall–Kier alpha value is -2.09. The van der Waals surface area contributed by atoms with Crippen molar-refractivity contribution >= 4 is 5.65 Å². The van der Waals surface area contributed by atoms with E-state index >= 15 is 0 Å². The van der Waals surface area contributed by atoms with Crippen LogP contribution in [0.5, 0.6) is 0 Å². The first-order valence-corrected chi connectivity index (χ1v) is 6.32. The molecule has 2 nitrogen and oxygen atoms in total. The van der Waals surface area contributed by atoms with E-state index in [1.165, 1.54) is 16.8 Å². The average Bonchev–Trinajstić information content (AvgIpc) is 2.77. The van der Waals surface area contributed by atoms with Crippen LogP contribution in [0.1, 0.15) is 18.2 Å². The highest BCUT2D eigenvalue weighted by atomic mass is 15.0. The Labute approximate surface area is 107 Å². The smallest absolute Gasteiger partial charge is 0.137 e. The Bertz CT molecular complexity index is 681. The van der Waals surface area contributed by atoms with Crippen molar-refractivity contribution in [2.45, 2.75) is 20.3 Å². The molecule has 3 rings (SSSR count). The molecule has 0 unspecified atom stereocenters. The zero-order valence-electron chi connectivity index (χ0n) is 10.7. The molecule has 0 saturated heterocycles. The lowest BCUT2D eigenvalue weighted by atomic mass is 10.1. The third kappa shape index (κ3) is 1.70. The van der Waals surface area contributed by atoms with Crippen LogP contribution in [0.25, 0.3) is 16.9 Å². The van der Waals surface area contributed by atoms with Crippen LogP contribution < -0.4 is 0 Å². The van der Waals surface area contributed by atoms with E-state index in [9.17, 15) is 0 Å². The number of aryl methyl sites for hydroxylation is 2. The van der Waals surface area contributed by atoms with Crippen LogP contribution in [0.15, 0.2) is 48.7 Å². The van der Waals surface area contributed by atoms with E-state index in [2.05, 4.69) is 60.8 Å². The first-order valence-electron chi connectivity index (χ1n) is 6.32. The first-order chi connectivity index (χ1) is 8.79. The molecule has 0 bridgehead atoms. The molecular weight excluding hydrogens is 220 g/mol. The summed E-state index contributed by atoms with van der Waals surface area (Å²) < 4.78 is 2.18. The highest BCUT2D eigenvalue weighted by molar-refractivity contribution is 5.67. The number of hydrogen-bond acceptors (Lipinski definition) is 1. The number of rotatable bonds is 2. The number of hydrogen-bond donors (Lipinski definition) is 0. The third-order valence-electron chi connectivity index (χ3n) is 3.24. The lowest BCUT2D eigenvalue weighted by Crippen LogP contribution is -1.90. The molecule has 0 atom stereocenters. The summed E-state index contributed by atoms with van der Waals surface area (Å²) in [6.45, 7) is 4.25. The van der Waals surface area contributed by atoms with E-state index in [-0.39, 0.29) is 0 Å². The fourth-order valence-corrected chi connectivity index (χ4v) is 2.34. The molecule has 0 aliphatic rings. The van der Waals surface area contributed by atoms with Gasteiger partial charge in [-0.1, -0.05) is 37.3 Å². The largest absolute Gasteiger partial charge is 0.299 e. The summed E-state index contributed by atoms with van der Waals surface area (Å²) in [7, 11) is 0. The van der Waals surface area contributed by atoms with E-state index in [0.717, 1.165) is 17.8 Å². The van der Waals surface area contributed by atoms with E-state index in [4.69, 9.17) is 4.98 Å². The molecule has 0 spiro atoms. The summed E-state index contributed by atoms with van der Waals surface area (Å²) in [5.74, 6) is 0. The topological polar surface area (TPSA) is 17.3 Å². The van der Waals surface area contributed by atoms with Crippen molar-refractivity contribution in [1.29, 1.82) is 0 Å². The van der Waals surface area contributed by atoms with Crippen LogP contribution >= 0.6 is 0 Å². The van der Waals surface area contributed by atoms with Crippen molar-refractivity contribution in [3.05, 3.63) is 59.9 Å². The minimum atomic E-state index is 0.949. The molecule has 2 heterocycles. The van der Waals surface area contributed by atoms with Crippen molar-refractivity contribution in [3.63, 3.8) is 0 Å². The minimum absolute atomic E-state index is 0.949. The zero-order chi connectivity index (χ0) is 12.5. The molecule has 0 saturated carbocycles. The lowest BCUT2D eigenvalue weighted by Gasteiger charge is -2.04. The van der Waals surface area contributed by atoms with Crippen LogP contribution in [0.2, 0.25) is 0 Å². The molecule has 90 valence electrons. The van der Waals surface area contributed by atoms with Gasteiger partial charge in [-0.3, -0.25) is 4.40 Å². The van der Waals surface area contributed by atoms with Crippen LogP contribution in [0.3, 0.4) is 0 Å². The van der Waals surface area contributed by atoms with Crippen molar-refractivity contribution in [2.24, 2.45) is 0 Å². The lowest BCUT2D eigenvalue weighted by molar-refractivity contribution is 1.07. The quantitative estimate of drug-likeness (QED) is 0.660. The van der Waals surface area contributed by atoms with E-state index in [0.29, 0.717) is 0 Å². The maximum Gasteiger partial charge on any atom is 0.137 e. The van der Waals surface area contributed by atoms with Gasteiger partial charge >= 0.3 is 0 Å². The Balaban J connectivity index is 2.33. The maximum absolute atomic E-state index is 4.73. The molecule has 0 fully saturated rings. The molecule has 0 aliphatic heterocycles. The van der Waals surface area contributed by atoms with Crippen molar-refractivity contribution in [2.75, 3.05) is 0 Å². The van der Waals surface area contributed by atoms with Gasteiger partial charge in [0, 0.05) is 11.8 Å². The van der Waals surface area contributed by atoms with Gasteiger partial charge in [0.05, 0.1) is 11.4 Å². The second kappa shape index (κ2) is 4.30. The highest BCUT2D eigenvalue weighted by Crippen LogP contribution is 2.25. The monoisotopic (exact) mass is 236 g/mol. The van der Waals surface area contributed by atoms with Gasteiger partial charge in [0.25, 0.3) is 0 Å². The van der Waals surface area contributed by atoms with Gasteiger partial charge in [-0.2, -0.15) is 0 Å². The Morgan fingerprint density at radius 1 is 1.11 bits per heavy atom. The summed E-state index contributed by atoms with van der Waals surface area (Å²) in [5.41, 5.74) is 5.88. The Morgan fingerprint density at radius 2 is 1.89 bits per heavy atom. The molecule has 0 radical (unpaired) electrons. The van der Waals surface area contributed by atoms with E-state index in [1.54, 1.807) is 0 Å². The van der Waals surface area contributed by atoms with Gasteiger partial charge in [0.2, 0.25) is 0 Å². The normalized spacial score (nSPS) is 11.0. The van der Waals surface area contributed by atoms with Crippen LogP contribution in [0.4, 0.5) is 0 Å². The Kier molecular flexibility index (Phi) is 2.63. The number of aromatic nitrogens is 2. The highest BCUT2D eigenvalue weighted by Gasteiger charge is 2.12. The molecular formula is C16H16N2. The number of benzene rings is 1. The number of pyridine rings is 1. The van der Waals surface area contributed by atoms with Crippen LogP contribution in [-0.4, -0.2) is 9.38 Å². The standard InChI is InChI=1S/C16H16N2/c1-3-14-16(13-7-5-4-6-8-13)18-10-9-12(2)11-15(18)17-14/h4-11H,3H2,1-2H3. The van der Waals surface area contributed by atoms with Gasteiger partial charge < -0.3 is 0 Å². The SMILES string of the molecule is CCc1nc2cc(C)ccn2c1-c1ccccc1. The second-order valence-electron chi connectivity index (χ2n) is 4.56. The number of fused-ring (bicyclic) bond motifs is 1. The predicted molar refractivity (Wildman–Crippen MR) is 74.7 cm³/mol. The summed E-state index contributed by atoms with van der Waals surface area (Å²) in [4.78, 5) is 4.73. The molecule has 0 aliphatic carbocycles. The van der Waals surface area contributed by atoms with Gasteiger partial charge in [0.15, 0.2) is 0 Å². The predicted octanol–water partition coefficient (Wildman–Crippen LogP) is 3.87. The molecule has 18 heavy (non-hydrogen) atoms. The fraction of sp³-hybridized carbons (Fsp3) is 0.188. The summed E-state index contributed by atoms with van der Waals surface area (Å²) >= 11 is 0. The number of imidazole rings is 1. The van der Waals surface area contributed by atoms with Gasteiger partial charge in [-0.25, -0.2) is 4.98 Å². The average molecular weight is 236 g/mol. The van der Waals surface area contributed by atoms with Crippen molar-refractivity contribution < 1.29 is 0 Å². The molecule has 1 aromatic carbocycles. The molecule has 2 heteroatoms. The van der Waals surface area contributed by atoms with Crippen molar-refractivity contribution in [3.8, 4) is 11.3 Å². The summed E-state index contributed by atoms with van der Waals surface area (Å²) in [6.07, 6.45) is 3.06. The third-order valence-corrected chi connectivity index (χ3v) is 3.24. The van der Waals surface area contributed by atoms with Crippen molar-refractivity contribution in [1.82, 2.24) is 9.38 Å². The molecule has 0 N–H and O–H groups in total. The summed E-state index contributed by atoms with van der Waals surface area (Å²) in [6, 6.07) is 14.7. The zero-order valence-corrected chi connectivity index (χ0v) is 10.7. The van der Waals surface area contributed by atoms with Crippen LogP contribution in [0, 0.1) is 6.92 Å². The van der Waals surface area contributed by atoms with Gasteiger partial charge in [-0.15, -0.1) is 0 Å².